The van der Waals surface area contributed by atoms with Gasteiger partial charge < -0.3 is 14.9 Å². The van der Waals surface area contributed by atoms with E-state index < -0.39 is 36.2 Å². The van der Waals surface area contributed by atoms with E-state index in [-0.39, 0.29) is 35.9 Å². The van der Waals surface area contributed by atoms with Crippen molar-refractivity contribution in [3.8, 4) is 5.75 Å². The van der Waals surface area contributed by atoms with Crippen LogP contribution in [0.5, 0.6) is 5.75 Å². The number of hydrogen-bond donors (Lipinski definition) is 3. The largest absolute Gasteiger partial charge is 0.497 e. The molecule has 5 rings (SSSR count). The fourth-order valence-electron chi connectivity index (χ4n) is 6.96. The van der Waals surface area contributed by atoms with E-state index in [0.29, 0.717) is 23.2 Å². The minimum atomic E-state index is -1.08. The molecule has 3 N–H and O–H groups in total. The molecule has 2 radical (unpaired) electrons. The second-order valence-corrected chi connectivity index (χ2v) is 11.3. The molecular weight excluding hydrogens is 464 g/mol. The standard InChI is InChI=1S/C25H37BFN5O4/c1-12-16-8-14(25(16,3)4)9-19(12)30-24(34)22-21(13(2)33)20(10-29-31-28)36-32(22)11-15-18(27)7-6-17(26)23(15)35-5/h6-7,12-14,16,19-22,24,30,33-34H,8-11H2,1-5H3/t12-,13-,14+,16-,19-,20-,21+,22-,24?/m0/s1. The SMILES string of the molecule is [B]c1ccc(F)c(CN2O[C@@H](CN=[N+]=[N-])[C@@H]([C@H](C)O)[C@H]2C(O)N[C@H]2C[C@H]3C[C@@H]([C@@H]2C)C3(C)C)c1OC. The van der Waals surface area contributed by atoms with Crippen molar-refractivity contribution < 1.29 is 24.2 Å². The Morgan fingerprint density at radius 3 is 2.69 bits per heavy atom. The number of aliphatic hydroxyl groups is 2. The monoisotopic (exact) mass is 501 g/mol. The van der Waals surface area contributed by atoms with Gasteiger partial charge in [-0.25, -0.2) is 4.39 Å². The number of aliphatic hydroxyl groups excluding tert-OH is 2. The first-order valence-electron chi connectivity index (χ1n) is 12.7. The van der Waals surface area contributed by atoms with Crippen molar-refractivity contribution in [1.29, 1.82) is 0 Å². The molecule has 3 aliphatic carbocycles. The first kappa shape index (κ1) is 27.2. The maximum Gasteiger partial charge on any atom is 0.131 e. The Bertz CT molecular complexity index is 1010. The van der Waals surface area contributed by atoms with Gasteiger partial charge in [-0.2, -0.15) is 5.06 Å². The summed E-state index contributed by atoms with van der Waals surface area (Å²) in [7, 11) is 7.42. The van der Waals surface area contributed by atoms with Crippen LogP contribution in [0.3, 0.4) is 0 Å². The Labute approximate surface area is 213 Å². The molecule has 11 heteroatoms. The number of methoxy groups -OCH3 is 1. The van der Waals surface area contributed by atoms with Gasteiger partial charge in [-0.05, 0) is 54.5 Å². The zero-order valence-electron chi connectivity index (χ0n) is 21.6. The minimum absolute atomic E-state index is 0.0412. The van der Waals surface area contributed by atoms with E-state index in [9.17, 15) is 14.6 Å². The van der Waals surface area contributed by atoms with E-state index in [1.54, 1.807) is 6.92 Å². The average Bonchev–Trinajstić information content (AvgIpc) is 3.19. The second-order valence-electron chi connectivity index (χ2n) is 11.3. The Hall–Kier alpha value is -1.88. The molecule has 0 spiro atoms. The van der Waals surface area contributed by atoms with Crippen LogP contribution in [0, 0.1) is 34.9 Å². The van der Waals surface area contributed by atoms with Crippen molar-refractivity contribution >= 4 is 13.3 Å². The number of ether oxygens (including phenoxy) is 1. The third kappa shape index (κ3) is 4.73. The summed E-state index contributed by atoms with van der Waals surface area (Å²) in [4.78, 5) is 8.92. The van der Waals surface area contributed by atoms with Gasteiger partial charge in [-0.1, -0.05) is 37.4 Å². The molecule has 1 unspecified atom stereocenters. The van der Waals surface area contributed by atoms with Crippen molar-refractivity contribution in [2.75, 3.05) is 13.7 Å². The van der Waals surface area contributed by atoms with Gasteiger partial charge in [-0.3, -0.25) is 10.2 Å². The number of hydrogen-bond acceptors (Lipinski definition) is 7. The van der Waals surface area contributed by atoms with Crippen molar-refractivity contribution in [1.82, 2.24) is 10.4 Å². The second kappa shape index (κ2) is 10.5. The van der Waals surface area contributed by atoms with E-state index in [2.05, 4.69) is 36.1 Å². The normalized spacial score (nSPS) is 34.9. The van der Waals surface area contributed by atoms with Crippen LogP contribution in [-0.4, -0.2) is 67.3 Å². The first-order chi connectivity index (χ1) is 17.0. The molecule has 1 aromatic rings. The van der Waals surface area contributed by atoms with Crippen LogP contribution in [0.2, 0.25) is 0 Å². The molecule has 1 aromatic carbocycles. The summed E-state index contributed by atoms with van der Waals surface area (Å²) in [5, 5.41) is 30.7. The van der Waals surface area contributed by atoms with Crippen LogP contribution >= 0.6 is 0 Å². The Kier molecular flexibility index (Phi) is 7.91. The number of hydroxylamine groups is 2. The highest BCUT2D eigenvalue weighted by molar-refractivity contribution is 6.34. The highest BCUT2D eigenvalue weighted by atomic mass is 19.1. The summed E-state index contributed by atoms with van der Waals surface area (Å²) >= 11 is 0. The van der Waals surface area contributed by atoms with Gasteiger partial charge in [0.15, 0.2) is 0 Å². The highest BCUT2D eigenvalue weighted by Crippen LogP contribution is 2.61. The molecule has 1 heterocycles. The van der Waals surface area contributed by atoms with E-state index >= 15 is 0 Å². The highest BCUT2D eigenvalue weighted by Gasteiger charge is 2.57. The van der Waals surface area contributed by atoms with Crippen LogP contribution in [0.25, 0.3) is 10.4 Å². The number of benzene rings is 1. The molecule has 0 amide bonds. The Morgan fingerprint density at radius 2 is 2.11 bits per heavy atom. The molecule has 2 bridgehead atoms. The maximum atomic E-state index is 14.9. The molecule has 196 valence electrons. The molecule has 9 nitrogen and oxygen atoms in total. The minimum Gasteiger partial charge on any atom is -0.497 e. The fourth-order valence-corrected chi connectivity index (χ4v) is 6.96. The zero-order chi connectivity index (χ0) is 26.4. The topological polar surface area (TPSA) is 123 Å². The molecule has 1 saturated heterocycles. The van der Waals surface area contributed by atoms with Crippen molar-refractivity contribution in [3.05, 3.63) is 34.0 Å². The lowest BCUT2D eigenvalue weighted by Gasteiger charge is -2.62. The fraction of sp³-hybridized carbons (Fsp3) is 0.760. The first-order valence-corrected chi connectivity index (χ1v) is 12.7. The Morgan fingerprint density at radius 1 is 1.39 bits per heavy atom. The summed E-state index contributed by atoms with van der Waals surface area (Å²) in [5.41, 5.74) is 9.62. The summed E-state index contributed by atoms with van der Waals surface area (Å²) in [6.07, 6.45) is -0.509. The van der Waals surface area contributed by atoms with Crippen LogP contribution in [0.15, 0.2) is 17.2 Å². The molecule has 3 saturated carbocycles. The molecule has 1 aliphatic heterocycles. The lowest BCUT2D eigenvalue weighted by atomic mass is 9.44. The van der Waals surface area contributed by atoms with Crippen molar-refractivity contribution in [3.63, 3.8) is 0 Å². The molecule has 0 aromatic heterocycles. The number of nitrogens with zero attached hydrogens (tertiary/aromatic N) is 4. The van der Waals surface area contributed by atoms with Crippen LogP contribution in [-0.2, 0) is 11.4 Å². The predicted molar refractivity (Wildman–Crippen MR) is 134 cm³/mol. The third-order valence-corrected chi connectivity index (χ3v) is 9.12. The third-order valence-electron chi connectivity index (χ3n) is 9.12. The number of halogens is 1. The quantitative estimate of drug-likeness (QED) is 0.157. The number of nitrogens with one attached hydrogen (secondary N) is 1. The van der Waals surface area contributed by atoms with Gasteiger partial charge in [0, 0.05) is 22.4 Å². The van der Waals surface area contributed by atoms with E-state index in [0.717, 1.165) is 6.42 Å². The summed E-state index contributed by atoms with van der Waals surface area (Å²) < 4.78 is 20.2. The molecule has 4 fully saturated rings. The lowest BCUT2D eigenvalue weighted by Crippen LogP contribution is -2.63. The number of rotatable bonds is 9. The summed E-state index contributed by atoms with van der Waals surface area (Å²) in [6, 6.07) is 2.04. The van der Waals surface area contributed by atoms with Crippen LogP contribution < -0.4 is 15.5 Å². The van der Waals surface area contributed by atoms with Gasteiger partial charge in [-0.15, -0.1) is 0 Å². The van der Waals surface area contributed by atoms with Gasteiger partial charge in [0.25, 0.3) is 0 Å². The van der Waals surface area contributed by atoms with Crippen molar-refractivity contribution in [2.24, 2.45) is 34.2 Å². The lowest BCUT2D eigenvalue weighted by molar-refractivity contribution is -0.188. The number of fused-ring (bicyclic) bond motifs is 2. The van der Waals surface area contributed by atoms with E-state index in [1.807, 2.05) is 0 Å². The average molecular weight is 501 g/mol. The van der Waals surface area contributed by atoms with Crippen molar-refractivity contribution in [2.45, 2.75) is 77.6 Å². The molecule has 36 heavy (non-hydrogen) atoms. The maximum absolute atomic E-state index is 14.9. The van der Waals surface area contributed by atoms with E-state index in [4.69, 9.17) is 23.0 Å². The molecule has 4 aliphatic rings. The predicted octanol–water partition coefficient (Wildman–Crippen LogP) is 2.40. The zero-order valence-corrected chi connectivity index (χ0v) is 21.6. The van der Waals surface area contributed by atoms with Gasteiger partial charge >= 0.3 is 0 Å². The van der Waals surface area contributed by atoms with Crippen LogP contribution in [0.4, 0.5) is 4.39 Å². The molecular formula is C25H37BFN5O4. The van der Waals surface area contributed by atoms with Gasteiger partial charge in [0.2, 0.25) is 0 Å². The molecule has 9 atom stereocenters. The Balaban J connectivity index is 1.62. The number of azide groups is 1. The smallest absolute Gasteiger partial charge is 0.131 e. The van der Waals surface area contributed by atoms with Crippen LogP contribution in [0.1, 0.15) is 46.1 Å². The summed E-state index contributed by atoms with van der Waals surface area (Å²) in [6.45, 7) is 8.34. The van der Waals surface area contributed by atoms with Gasteiger partial charge in [0.05, 0.1) is 38.4 Å². The summed E-state index contributed by atoms with van der Waals surface area (Å²) in [5.74, 6) is 0.600. The van der Waals surface area contributed by atoms with Gasteiger partial charge in [0.1, 0.15) is 25.6 Å². The van der Waals surface area contributed by atoms with E-state index in [1.165, 1.54) is 30.7 Å².